The van der Waals surface area contributed by atoms with Gasteiger partial charge in [0.1, 0.15) is 5.75 Å². The molecule has 0 atom stereocenters. The Bertz CT molecular complexity index is 748. The van der Waals surface area contributed by atoms with E-state index in [-0.39, 0.29) is 4.90 Å². The fourth-order valence-electron chi connectivity index (χ4n) is 1.89. The molecule has 0 spiro atoms. The number of rotatable bonds is 6. The molecule has 0 aliphatic rings. The Hall–Kier alpha value is -0.640. The van der Waals surface area contributed by atoms with Crippen LogP contribution in [0, 0.1) is 3.57 Å². The van der Waals surface area contributed by atoms with Crippen molar-refractivity contribution in [3.05, 3.63) is 56.1 Å². The highest BCUT2D eigenvalue weighted by Crippen LogP contribution is 2.25. The lowest BCUT2D eigenvalue weighted by Crippen LogP contribution is -2.26. The lowest BCUT2D eigenvalue weighted by molar-refractivity contribution is 0.412. The van der Waals surface area contributed by atoms with Crippen LogP contribution >= 0.6 is 38.5 Å². The van der Waals surface area contributed by atoms with Crippen molar-refractivity contribution in [2.24, 2.45) is 0 Å². The van der Waals surface area contributed by atoms with E-state index < -0.39 is 10.0 Å². The van der Waals surface area contributed by atoms with Crippen LogP contribution in [0.2, 0.25) is 0 Å². The maximum Gasteiger partial charge on any atom is 0.240 e. The molecule has 0 aliphatic carbocycles. The Labute approximate surface area is 152 Å². The minimum Gasteiger partial charge on any atom is -0.496 e. The molecule has 0 aliphatic heterocycles. The predicted octanol–water partition coefficient (Wildman–Crippen LogP) is 3.58. The highest BCUT2D eigenvalue weighted by Gasteiger charge is 2.13. The first-order chi connectivity index (χ1) is 10.4. The molecule has 4 nitrogen and oxygen atoms in total. The highest BCUT2D eigenvalue weighted by atomic mass is 127. The number of methoxy groups -OCH3 is 1. The van der Waals surface area contributed by atoms with Crippen molar-refractivity contribution in [2.75, 3.05) is 13.7 Å². The molecule has 2 aromatic carbocycles. The van der Waals surface area contributed by atoms with Gasteiger partial charge in [0.05, 0.1) is 16.5 Å². The zero-order valence-corrected chi connectivity index (χ0v) is 16.4. The van der Waals surface area contributed by atoms with Crippen molar-refractivity contribution in [1.29, 1.82) is 0 Å². The molecule has 0 bridgehead atoms. The van der Waals surface area contributed by atoms with Crippen LogP contribution in [0.4, 0.5) is 0 Å². The molecule has 0 unspecified atom stereocenters. The second-order valence-corrected chi connectivity index (χ2v) is 8.44. The minimum atomic E-state index is -3.46. The SMILES string of the molecule is COc1ccc(CCNS(=O)(=O)c2ccc(I)cc2)cc1Br. The van der Waals surface area contributed by atoms with Gasteiger partial charge in [-0.25, -0.2) is 13.1 Å². The zero-order valence-electron chi connectivity index (χ0n) is 11.8. The molecule has 0 aromatic heterocycles. The summed E-state index contributed by atoms with van der Waals surface area (Å²) in [5.41, 5.74) is 1.03. The standard InChI is InChI=1S/C15H15BrINO3S/c1-21-15-7-2-11(10-14(15)16)8-9-18-22(19,20)13-5-3-12(17)4-6-13/h2-7,10,18H,8-9H2,1H3. The maximum atomic E-state index is 12.2. The van der Waals surface area contributed by atoms with E-state index in [2.05, 4.69) is 43.2 Å². The number of halogens is 2. The molecule has 7 heteroatoms. The van der Waals surface area contributed by atoms with Gasteiger partial charge in [0.2, 0.25) is 10.0 Å². The first-order valence-corrected chi connectivity index (χ1v) is 9.85. The number of benzene rings is 2. The number of nitrogens with one attached hydrogen (secondary N) is 1. The summed E-state index contributed by atoms with van der Waals surface area (Å²) in [6.07, 6.45) is 0.603. The topological polar surface area (TPSA) is 55.4 Å². The van der Waals surface area contributed by atoms with E-state index in [0.29, 0.717) is 13.0 Å². The van der Waals surface area contributed by atoms with Crippen LogP contribution in [0.1, 0.15) is 5.56 Å². The van der Waals surface area contributed by atoms with Crippen molar-refractivity contribution in [3.63, 3.8) is 0 Å². The summed E-state index contributed by atoms with van der Waals surface area (Å²) in [6.45, 7) is 0.340. The summed E-state index contributed by atoms with van der Waals surface area (Å²) in [5, 5.41) is 0. The van der Waals surface area contributed by atoms with Gasteiger partial charge in [-0.3, -0.25) is 0 Å². The van der Waals surface area contributed by atoms with Crippen molar-refractivity contribution in [1.82, 2.24) is 4.72 Å². The normalized spacial score (nSPS) is 11.4. The molecule has 118 valence electrons. The van der Waals surface area contributed by atoms with E-state index in [9.17, 15) is 8.42 Å². The third-order valence-corrected chi connectivity index (χ3v) is 5.86. The van der Waals surface area contributed by atoms with Gasteiger partial charge >= 0.3 is 0 Å². The Kier molecular flexibility index (Phi) is 6.25. The van der Waals surface area contributed by atoms with Crippen LogP contribution in [0.15, 0.2) is 51.8 Å². The molecule has 1 N–H and O–H groups in total. The number of ether oxygens (including phenoxy) is 1. The molecule has 0 saturated carbocycles. The van der Waals surface area contributed by atoms with Gasteiger partial charge in [-0.2, -0.15) is 0 Å². The molecular formula is C15H15BrINO3S. The molecule has 0 heterocycles. The van der Waals surface area contributed by atoms with E-state index >= 15 is 0 Å². The zero-order chi connectivity index (χ0) is 16.2. The van der Waals surface area contributed by atoms with Crippen LogP contribution in [0.5, 0.6) is 5.75 Å². The van der Waals surface area contributed by atoms with Gasteiger partial charge in [0.25, 0.3) is 0 Å². The second-order valence-electron chi connectivity index (χ2n) is 4.57. The molecule has 0 radical (unpaired) electrons. The number of hydrogen-bond donors (Lipinski definition) is 1. The second kappa shape index (κ2) is 7.76. The summed E-state index contributed by atoms with van der Waals surface area (Å²) < 4.78 is 34.0. The van der Waals surface area contributed by atoms with Crippen LogP contribution in [0.25, 0.3) is 0 Å². The lowest BCUT2D eigenvalue weighted by atomic mass is 10.1. The summed E-state index contributed by atoms with van der Waals surface area (Å²) >= 11 is 5.56. The largest absolute Gasteiger partial charge is 0.496 e. The van der Waals surface area contributed by atoms with E-state index in [1.165, 1.54) is 0 Å². The summed E-state index contributed by atoms with van der Waals surface area (Å²) in [6, 6.07) is 12.5. The number of sulfonamides is 1. The molecule has 0 fully saturated rings. The average molecular weight is 496 g/mol. The minimum absolute atomic E-state index is 0.281. The quantitative estimate of drug-likeness (QED) is 0.623. The lowest BCUT2D eigenvalue weighted by Gasteiger charge is -2.08. The highest BCUT2D eigenvalue weighted by molar-refractivity contribution is 14.1. The number of hydrogen-bond acceptors (Lipinski definition) is 3. The van der Waals surface area contributed by atoms with Gasteiger partial charge in [0, 0.05) is 10.1 Å². The van der Waals surface area contributed by atoms with Crippen LogP contribution in [0.3, 0.4) is 0 Å². The molecule has 0 saturated heterocycles. The molecule has 0 amide bonds. The monoisotopic (exact) mass is 495 g/mol. The smallest absolute Gasteiger partial charge is 0.240 e. The van der Waals surface area contributed by atoms with Crippen molar-refractivity contribution in [2.45, 2.75) is 11.3 Å². The Morgan fingerprint density at radius 1 is 1.18 bits per heavy atom. The van der Waals surface area contributed by atoms with Gasteiger partial charge < -0.3 is 4.74 Å². The van der Waals surface area contributed by atoms with Crippen LogP contribution in [-0.4, -0.2) is 22.1 Å². The molecule has 2 aromatic rings. The van der Waals surface area contributed by atoms with E-state index in [1.807, 2.05) is 18.2 Å². The Morgan fingerprint density at radius 2 is 1.86 bits per heavy atom. The maximum absolute atomic E-state index is 12.2. The van der Waals surface area contributed by atoms with Gasteiger partial charge in [-0.1, -0.05) is 6.07 Å². The first kappa shape index (κ1) is 17.7. The van der Waals surface area contributed by atoms with Crippen molar-refractivity contribution < 1.29 is 13.2 Å². The average Bonchev–Trinajstić information content (AvgIpc) is 2.48. The van der Waals surface area contributed by atoms with E-state index in [1.54, 1.807) is 31.4 Å². The van der Waals surface area contributed by atoms with Gasteiger partial charge in [-0.15, -0.1) is 0 Å². The first-order valence-electron chi connectivity index (χ1n) is 6.50. The predicted molar refractivity (Wildman–Crippen MR) is 98.7 cm³/mol. The Balaban J connectivity index is 1.98. The molecule has 2 rings (SSSR count). The fourth-order valence-corrected chi connectivity index (χ4v) is 3.87. The third kappa shape index (κ3) is 4.68. The summed E-state index contributed by atoms with van der Waals surface area (Å²) in [4.78, 5) is 0.281. The van der Waals surface area contributed by atoms with Gasteiger partial charge in [-0.05, 0) is 86.9 Å². The van der Waals surface area contributed by atoms with E-state index in [0.717, 1.165) is 19.4 Å². The van der Waals surface area contributed by atoms with Crippen LogP contribution in [-0.2, 0) is 16.4 Å². The van der Waals surface area contributed by atoms with Crippen LogP contribution < -0.4 is 9.46 Å². The van der Waals surface area contributed by atoms with Crippen molar-refractivity contribution in [3.8, 4) is 5.75 Å². The van der Waals surface area contributed by atoms with Crippen molar-refractivity contribution >= 4 is 48.5 Å². The van der Waals surface area contributed by atoms with E-state index in [4.69, 9.17) is 4.74 Å². The summed E-state index contributed by atoms with van der Waals surface area (Å²) in [5.74, 6) is 0.753. The molecule has 22 heavy (non-hydrogen) atoms. The fraction of sp³-hybridized carbons (Fsp3) is 0.200. The summed E-state index contributed by atoms with van der Waals surface area (Å²) in [7, 11) is -1.85. The Morgan fingerprint density at radius 3 is 2.45 bits per heavy atom. The third-order valence-electron chi connectivity index (χ3n) is 3.05. The van der Waals surface area contributed by atoms with Gasteiger partial charge in [0.15, 0.2) is 0 Å². The molecular weight excluding hydrogens is 481 g/mol.